The zero-order valence-corrected chi connectivity index (χ0v) is 15.8. The van der Waals surface area contributed by atoms with Gasteiger partial charge in [-0.1, -0.05) is 30.7 Å². The van der Waals surface area contributed by atoms with Crippen molar-refractivity contribution in [3.8, 4) is 5.75 Å². The average molecular weight is 376 g/mol. The molecule has 1 amide bonds. The van der Waals surface area contributed by atoms with E-state index in [2.05, 4.69) is 5.32 Å². The van der Waals surface area contributed by atoms with Crippen LogP contribution in [-0.4, -0.2) is 24.6 Å². The van der Waals surface area contributed by atoms with Gasteiger partial charge in [-0.3, -0.25) is 4.79 Å². The van der Waals surface area contributed by atoms with Crippen LogP contribution in [0.4, 0.5) is 5.69 Å². The first kappa shape index (κ1) is 19.8. The van der Waals surface area contributed by atoms with Crippen molar-refractivity contribution in [2.45, 2.75) is 33.3 Å². The highest BCUT2D eigenvalue weighted by molar-refractivity contribution is 6.32. The summed E-state index contributed by atoms with van der Waals surface area (Å²) in [7, 11) is 0. The molecule has 2 aromatic carbocycles. The second-order valence-corrected chi connectivity index (χ2v) is 6.09. The lowest BCUT2D eigenvalue weighted by Gasteiger charge is -2.19. The fourth-order valence-corrected chi connectivity index (χ4v) is 2.55. The summed E-state index contributed by atoms with van der Waals surface area (Å²) in [4.78, 5) is 24.3. The lowest BCUT2D eigenvalue weighted by molar-refractivity contribution is -0.122. The molecule has 6 heteroatoms. The molecule has 2 rings (SSSR count). The van der Waals surface area contributed by atoms with Gasteiger partial charge in [0, 0.05) is 5.69 Å². The van der Waals surface area contributed by atoms with Crippen LogP contribution in [0.3, 0.4) is 0 Å². The number of esters is 1. The normalized spacial score (nSPS) is 11.5. The Bertz CT molecular complexity index is 791. The molecule has 0 aliphatic carbocycles. The quantitative estimate of drug-likeness (QED) is 0.717. The number of benzene rings is 2. The van der Waals surface area contributed by atoms with Crippen molar-refractivity contribution in [3.05, 3.63) is 58.6 Å². The minimum atomic E-state index is -0.681. The van der Waals surface area contributed by atoms with E-state index in [1.54, 1.807) is 49.4 Å². The van der Waals surface area contributed by atoms with E-state index in [0.717, 1.165) is 5.56 Å². The first-order chi connectivity index (χ1) is 12.5. The van der Waals surface area contributed by atoms with Crippen LogP contribution in [0.2, 0.25) is 5.02 Å². The minimum absolute atomic E-state index is 0.278. The second kappa shape index (κ2) is 9.25. The van der Waals surface area contributed by atoms with E-state index in [1.165, 1.54) is 0 Å². The van der Waals surface area contributed by atoms with Crippen LogP contribution < -0.4 is 10.1 Å². The smallest absolute Gasteiger partial charge is 0.338 e. The maximum Gasteiger partial charge on any atom is 0.338 e. The first-order valence-electron chi connectivity index (χ1n) is 8.46. The van der Waals surface area contributed by atoms with Gasteiger partial charge in [-0.25, -0.2) is 4.79 Å². The van der Waals surface area contributed by atoms with Gasteiger partial charge in [0.1, 0.15) is 5.75 Å². The molecule has 138 valence electrons. The van der Waals surface area contributed by atoms with E-state index in [4.69, 9.17) is 21.1 Å². The Kier molecular flexibility index (Phi) is 7.04. The third-order valence-electron chi connectivity index (χ3n) is 3.76. The molecule has 0 radical (unpaired) electrons. The van der Waals surface area contributed by atoms with Crippen molar-refractivity contribution in [2.24, 2.45) is 0 Å². The third-order valence-corrected chi connectivity index (χ3v) is 4.08. The maximum atomic E-state index is 12.6. The van der Waals surface area contributed by atoms with Gasteiger partial charge in [-0.15, -0.1) is 0 Å². The summed E-state index contributed by atoms with van der Waals surface area (Å²) in [5.41, 5.74) is 1.82. The molecular formula is C20H22ClNO4. The number of anilines is 1. The van der Waals surface area contributed by atoms with Gasteiger partial charge >= 0.3 is 5.97 Å². The molecule has 2 aromatic rings. The first-order valence-corrected chi connectivity index (χ1v) is 8.83. The molecule has 0 aliphatic rings. The van der Waals surface area contributed by atoms with Gasteiger partial charge in [-0.05, 0) is 56.2 Å². The number of hydrogen-bond acceptors (Lipinski definition) is 4. The molecule has 1 N–H and O–H groups in total. The number of nitrogens with one attached hydrogen (secondary N) is 1. The van der Waals surface area contributed by atoms with Crippen LogP contribution >= 0.6 is 11.6 Å². The standard InChI is InChI=1S/C20H22ClNO4/c1-4-17(26-18-9-7-6-8-15(18)21)19(23)22-16-11-10-14(12-13(16)3)20(24)25-5-2/h6-12,17H,4-5H2,1-3H3,(H,22,23)/t17-/m0/s1. The molecule has 26 heavy (non-hydrogen) atoms. The molecule has 0 heterocycles. The van der Waals surface area contributed by atoms with Crippen LogP contribution in [-0.2, 0) is 9.53 Å². The van der Waals surface area contributed by atoms with E-state index < -0.39 is 6.10 Å². The van der Waals surface area contributed by atoms with Crippen molar-refractivity contribution < 1.29 is 19.1 Å². The Morgan fingerprint density at radius 3 is 2.50 bits per heavy atom. The fourth-order valence-electron chi connectivity index (χ4n) is 2.37. The summed E-state index contributed by atoms with van der Waals surface area (Å²) in [5, 5.41) is 3.29. The Morgan fingerprint density at radius 1 is 1.15 bits per heavy atom. The Morgan fingerprint density at radius 2 is 1.88 bits per heavy atom. The summed E-state index contributed by atoms with van der Waals surface area (Å²) in [5.74, 6) is -0.202. The van der Waals surface area contributed by atoms with Crippen LogP contribution in [0.15, 0.2) is 42.5 Å². The fraction of sp³-hybridized carbons (Fsp3) is 0.300. The molecule has 0 aliphatic heterocycles. The number of aryl methyl sites for hydroxylation is 1. The summed E-state index contributed by atoms with van der Waals surface area (Å²) < 4.78 is 10.7. The number of carbonyl (C=O) groups is 2. The highest BCUT2D eigenvalue weighted by Crippen LogP contribution is 2.25. The number of halogens is 1. The lowest BCUT2D eigenvalue weighted by atomic mass is 10.1. The van der Waals surface area contributed by atoms with Gasteiger partial charge in [0.05, 0.1) is 17.2 Å². The monoisotopic (exact) mass is 375 g/mol. The summed E-state index contributed by atoms with van der Waals surface area (Å²) in [6.45, 7) is 5.74. The van der Waals surface area contributed by atoms with E-state index in [-0.39, 0.29) is 11.9 Å². The molecule has 0 spiro atoms. The Labute approximate surface area is 158 Å². The van der Waals surface area contributed by atoms with Crippen molar-refractivity contribution in [3.63, 3.8) is 0 Å². The van der Waals surface area contributed by atoms with E-state index >= 15 is 0 Å². The molecule has 5 nitrogen and oxygen atoms in total. The highest BCUT2D eigenvalue weighted by Gasteiger charge is 2.20. The molecule has 1 atom stereocenters. The average Bonchev–Trinajstić information content (AvgIpc) is 2.62. The summed E-state index contributed by atoms with van der Waals surface area (Å²) in [6.07, 6.45) is -0.198. The van der Waals surface area contributed by atoms with Crippen LogP contribution in [0.25, 0.3) is 0 Å². The van der Waals surface area contributed by atoms with Gasteiger partial charge in [0.2, 0.25) is 0 Å². The van der Waals surface area contributed by atoms with Crippen LogP contribution in [0.1, 0.15) is 36.2 Å². The topological polar surface area (TPSA) is 64.6 Å². The summed E-state index contributed by atoms with van der Waals surface area (Å²) in [6, 6.07) is 12.0. The summed E-state index contributed by atoms with van der Waals surface area (Å²) >= 11 is 6.09. The van der Waals surface area contributed by atoms with Gasteiger partial charge in [0.25, 0.3) is 5.91 Å². The zero-order chi connectivity index (χ0) is 19.1. The lowest BCUT2D eigenvalue weighted by Crippen LogP contribution is -2.32. The molecule has 0 aromatic heterocycles. The molecule has 0 saturated heterocycles. The van der Waals surface area contributed by atoms with Gasteiger partial charge < -0.3 is 14.8 Å². The van der Waals surface area contributed by atoms with Crippen molar-refractivity contribution in [1.29, 1.82) is 0 Å². The molecule has 0 bridgehead atoms. The number of para-hydroxylation sites is 1. The van der Waals surface area contributed by atoms with E-state index in [9.17, 15) is 9.59 Å². The minimum Gasteiger partial charge on any atom is -0.479 e. The second-order valence-electron chi connectivity index (χ2n) is 5.68. The largest absolute Gasteiger partial charge is 0.479 e. The van der Waals surface area contributed by atoms with Crippen molar-refractivity contribution >= 4 is 29.2 Å². The molecule has 0 saturated carbocycles. The van der Waals surface area contributed by atoms with Crippen molar-refractivity contribution in [1.82, 2.24) is 0 Å². The van der Waals surface area contributed by atoms with Gasteiger partial charge in [-0.2, -0.15) is 0 Å². The van der Waals surface area contributed by atoms with Crippen LogP contribution in [0.5, 0.6) is 5.75 Å². The zero-order valence-electron chi connectivity index (χ0n) is 15.0. The van der Waals surface area contributed by atoms with E-state index in [1.807, 2.05) is 13.8 Å². The molecule has 0 fully saturated rings. The van der Waals surface area contributed by atoms with Crippen molar-refractivity contribution in [2.75, 3.05) is 11.9 Å². The number of amides is 1. The Hall–Kier alpha value is -2.53. The Balaban J connectivity index is 2.10. The van der Waals surface area contributed by atoms with Crippen LogP contribution in [0, 0.1) is 6.92 Å². The predicted octanol–water partition coefficient (Wildman–Crippen LogP) is 4.62. The number of hydrogen-bond donors (Lipinski definition) is 1. The number of carbonyl (C=O) groups excluding carboxylic acids is 2. The number of rotatable bonds is 7. The predicted molar refractivity (Wildman–Crippen MR) is 102 cm³/mol. The highest BCUT2D eigenvalue weighted by atomic mass is 35.5. The number of ether oxygens (including phenoxy) is 2. The molecular weight excluding hydrogens is 354 g/mol. The van der Waals surface area contributed by atoms with E-state index in [0.29, 0.717) is 35.1 Å². The SMILES string of the molecule is CCOC(=O)c1ccc(NC(=O)[C@H](CC)Oc2ccccc2Cl)c(C)c1. The molecule has 0 unspecified atom stereocenters. The maximum absolute atomic E-state index is 12.6. The third kappa shape index (κ3) is 4.99. The van der Waals surface area contributed by atoms with Gasteiger partial charge in [0.15, 0.2) is 6.10 Å².